The predicted octanol–water partition coefficient (Wildman–Crippen LogP) is 1.51. The van der Waals surface area contributed by atoms with Gasteiger partial charge in [0.15, 0.2) is 0 Å². The number of hydrogen-bond donors (Lipinski definition) is 1. The zero-order chi connectivity index (χ0) is 14.7. The lowest BCUT2D eigenvalue weighted by Gasteiger charge is -2.38. The molecule has 5 atom stereocenters. The average molecular weight is 289 g/mol. The van der Waals surface area contributed by atoms with E-state index in [1.807, 2.05) is 11.9 Å². The van der Waals surface area contributed by atoms with Crippen molar-refractivity contribution in [2.75, 3.05) is 13.7 Å². The summed E-state index contributed by atoms with van der Waals surface area (Å²) in [6.45, 7) is 6.77. The fourth-order valence-corrected chi connectivity index (χ4v) is 4.97. The van der Waals surface area contributed by atoms with Crippen LogP contribution in [-0.4, -0.2) is 43.7 Å². The van der Waals surface area contributed by atoms with Gasteiger partial charge in [0.25, 0.3) is 0 Å². The summed E-state index contributed by atoms with van der Waals surface area (Å²) in [6, 6.07) is 0.156. The third kappa shape index (κ3) is 1.60. The second kappa shape index (κ2) is 4.22. The number of rotatable bonds is 1. The summed E-state index contributed by atoms with van der Waals surface area (Å²) in [5, 5.41) is 9.77. The average Bonchev–Trinajstić information content (AvgIpc) is 2.66. The second-order valence-electron chi connectivity index (χ2n) is 7.42. The minimum absolute atomic E-state index is 0.101. The van der Waals surface area contributed by atoms with Gasteiger partial charge in [-0.05, 0) is 6.42 Å². The normalized spacial score (nSPS) is 41.9. The Balaban J connectivity index is 2.13. The minimum atomic E-state index is -1.52. The topological polar surface area (TPSA) is 40.5 Å². The molecule has 1 N–H and O–H groups in total. The number of allylic oxidation sites excluding steroid dienone is 2. The van der Waals surface area contributed by atoms with E-state index in [-0.39, 0.29) is 36.3 Å². The summed E-state index contributed by atoms with van der Waals surface area (Å²) >= 11 is 0. The molecular weight excluding hydrogens is 266 g/mol. The molecule has 3 rings (SSSR count). The van der Waals surface area contributed by atoms with E-state index in [0.29, 0.717) is 0 Å². The van der Waals surface area contributed by atoms with E-state index < -0.39 is 13.5 Å². The highest BCUT2D eigenvalue weighted by molar-refractivity contribution is 6.83. The highest BCUT2D eigenvalue weighted by Gasteiger charge is 2.70. The molecule has 1 saturated heterocycles. The first-order valence-electron chi connectivity index (χ1n) is 7.42. The molecule has 0 spiro atoms. The number of carbonyl (C=O) groups is 1. The highest BCUT2D eigenvalue weighted by atomic mass is 28.3. The number of aliphatic hydroxyl groups is 1. The molecule has 1 saturated carbocycles. The van der Waals surface area contributed by atoms with Crippen molar-refractivity contribution in [1.82, 2.24) is 4.90 Å². The fourth-order valence-electron chi connectivity index (χ4n) is 4.38. The van der Waals surface area contributed by atoms with Gasteiger partial charge < -0.3 is 10.0 Å². The molecule has 4 heteroatoms. The quantitative estimate of drug-likeness (QED) is 0.451. The van der Waals surface area contributed by atoms with E-state index in [1.165, 1.54) is 0 Å². The number of amides is 1. The monoisotopic (exact) mass is 289 g/mol. The van der Waals surface area contributed by atoms with Gasteiger partial charge >= 0.3 is 0 Å². The third-order valence-corrected chi connectivity index (χ3v) is 6.01. The number of nitrogens with zero attached hydrogens (tertiary/aromatic N) is 1. The molecule has 1 amide bonds. The smallest absolute Gasteiger partial charge is 0.241 e. The number of aliphatic hydroxyl groups excluding tert-OH is 1. The maximum absolute atomic E-state index is 12.8. The Labute approximate surface area is 122 Å². The van der Waals surface area contributed by atoms with Crippen molar-refractivity contribution in [3.8, 4) is 11.5 Å². The van der Waals surface area contributed by atoms with Crippen molar-refractivity contribution >= 4 is 14.0 Å². The molecular formula is C16H23NO2Si. The first kappa shape index (κ1) is 13.9. The third-order valence-electron chi connectivity index (χ3n) is 5.13. The summed E-state index contributed by atoms with van der Waals surface area (Å²) in [4.78, 5) is 14.7. The highest BCUT2D eigenvalue weighted by Crippen LogP contribution is 2.62. The van der Waals surface area contributed by atoms with Gasteiger partial charge in [0.2, 0.25) is 5.91 Å². The van der Waals surface area contributed by atoms with E-state index in [1.54, 1.807) is 0 Å². The Kier molecular flexibility index (Phi) is 2.93. The van der Waals surface area contributed by atoms with Crippen molar-refractivity contribution in [3.63, 3.8) is 0 Å². The van der Waals surface area contributed by atoms with Gasteiger partial charge in [-0.25, -0.2) is 0 Å². The van der Waals surface area contributed by atoms with Crippen LogP contribution >= 0.6 is 0 Å². The van der Waals surface area contributed by atoms with Crippen molar-refractivity contribution < 1.29 is 9.90 Å². The number of piperidine rings is 1. The SMILES string of the molecule is CN1C(=O)[C@@]2(C#C[Si](C)(C)C)[C@@H]3C=CC[C@H]2[C@H]1[C@@H]3CO. The first-order chi connectivity index (χ1) is 9.33. The number of likely N-dealkylation sites (tertiary alicyclic amines) is 1. The minimum Gasteiger partial charge on any atom is -0.396 e. The van der Waals surface area contributed by atoms with E-state index in [9.17, 15) is 9.90 Å². The van der Waals surface area contributed by atoms with Gasteiger partial charge in [-0.2, -0.15) is 0 Å². The van der Waals surface area contributed by atoms with E-state index in [4.69, 9.17) is 0 Å². The van der Waals surface area contributed by atoms with Gasteiger partial charge in [-0.15, -0.1) is 5.54 Å². The predicted molar refractivity (Wildman–Crippen MR) is 81.4 cm³/mol. The van der Waals surface area contributed by atoms with Crippen LogP contribution < -0.4 is 0 Å². The summed E-state index contributed by atoms with van der Waals surface area (Å²) in [6.07, 6.45) is 5.23. The van der Waals surface area contributed by atoms with Crippen LogP contribution in [0.2, 0.25) is 19.6 Å². The Morgan fingerprint density at radius 1 is 1.50 bits per heavy atom. The fraction of sp³-hybridized carbons (Fsp3) is 0.688. The van der Waals surface area contributed by atoms with Crippen LogP contribution in [0.25, 0.3) is 0 Å². The first-order valence-corrected chi connectivity index (χ1v) is 10.9. The van der Waals surface area contributed by atoms with Crippen molar-refractivity contribution in [1.29, 1.82) is 0 Å². The molecule has 2 aliphatic carbocycles. The van der Waals surface area contributed by atoms with E-state index in [2.05, 4.69) is 43.3 Å². The van der Waals surface area contributed by atoms with Gasteiger partial charge in [-0.3, -0.25) is 4.79 Å². The Bertz CT molecular complexity index is 539. The molecule has 0 unspecified atom stereocenters. The van der Waals surface area contributed by atoms with Crippen molar-refractivity contribution in [3.05, 3.63) is 12.2 Å². The van der Waals surface area contributed by atoms with Crippen LogP contribution in [0.15, 0.2) is 12.2 Å². The van der Waals surface area contributed by atoms with Crippen LogP contribution in [0.1, 0.15) is 6.42 Å². The summed E-state index contributed by atoms with van der Waals surface area (Å²) in [5.74, 6) is 4.12. The van der Waals surface area contributed by atoms with Crippen LogP contribution in [0.4, 0.5) is 0 Å². The molecule has 3 aliphatic rings. The molecule has 1 heterocycles. The molecule has 1 aliphatic heterocycles. The Hall–Kier alpha value is -1.05. The summed E-state index contributed by atoms with van der Waals surface area (Å²) < 4.78 is 0. The van der Waals surface area contributed by atoms with Crippen LogP contribution in [-0.2, 0) is 4.79 Å². The molecule has 20 heavy (non-hydrogen) atoms. The van der Waals surface area contributed by atoms with Crippen LogP contribution in [0.5, 0.6) is 0 Å². The molecule has 4 bridgehead atoms. The standard InChI is InChI=1S/C16H23NO2Si/c1-17-14-11(10-18)12-6-5-7-13(14)16(12,15(17)19)8-9-20(2,3)4/h5-6,11-14,18H,7,10H2,1-4H3/t11-,12-,13+,14-,16+/m1/s1. The lowest BCUT2D eigenvalue weighted by Crippen LogP contribution is -2.49. The molecule has 0 aromatic rings. The number of carbonyl (C=O) groups excluding carboxylic acids is 1. The van der Waals surface area contributed by atoms with E-state index >= 15 is 0 Å². The molecule has 0 aromatic heterocycles. The lowest BCUT2D eigenvalue weighted by atomic mass is 9.68. The van der Waals surface area contributed by atoms with Gasteiger partial charge in [-0.1, -0.05) is 37.7 Å². The Morgan fingerprint density at radius 2 is 2.20 bits per heavy atom. The molecule has 0 aromatic carbocycles. The summed E-state index contributed by atoms with van der Waals surface area (Å²) in [5.41, 5.74) is 2.88. The molecule has 3 nitrogen and oxygen atoms in total. The largest absolute Gasteiger partial charge is 0.396 e. The maximum Gasteiger partial charge on any atom is 0.241 e. The van der Waals surface area contributed by atoms with Crippen molar-refractivity contribution in [2.24, 2.45) is 23.2 Å². The lowest BCUT2D eigenvalue weighted by molar-refractivity contribution is -0.140. The van der Waals surface area contributed by atoms with Crippen molar-refractivity contribution in [2.45, 2.75) is 32.1 Å². The van der Waals surface area contributed by atoms with Crippen LogP contribution in [0, 0.1) is 34.6 Å². The van der Waals surface area contributed by atoms with Gasteiger partial charge in [0.1, 0.15) is 13.5 Å². The molecule has 108 valence electrons. The number of hydrogen-bond acceptors (Lipinski definition) is 2. The summed E-state index contributed by atoms with van der Waals surface area (Å²) in [7, 11) is 0.357. The maximum atomic E-state index is 12.8. The van der Waals surface area contributed by atoms with Crippen LogP contribution in [0.3, 0.4) is 0 Å². The zero-order valence-electron chi connectivity index (χ0n) is 12.7. The van der Waals surface area contributed by atoms with E-state index in [0.717, 1.165) is 6.42 Å². The molecule has 0 radical (unpaired) electrons. The molecule has 2 fully saturated rings. The zero-order valence-corrected chi connectivity index (χ0v) is 13.7. The van der Waals surface area contributed by atoms with Gasteiger partial charge in [0.05, 0.1) is 0 Å². The van der Waals surface area contributed by atoms with Gasteiger partial charge in [0, 0.05) is 37.5 Å². The Morgan fingerprint density at radius 3 is 2.80 bits per heavy atom. The second-order valence-corrected chi connectivity index (χ2v) is 12.2.